The quantitative estimate of drug-likeness (QED) is 0.858. The van der Waals surface area contributed by atoms with Crippen LogP contribution in [0.3, 0.4) is 0 Å². The van der Waals surface area contributed by atoms with Gasteiger partial charge < -0.3 is 5.32 Å². The summed E-state index contributed by atoms with van der Waals surface area (Å²) >= 11 is 0. The van der Waals surface area contributed by atoms with Gasteiger partial charge in [-0.25, -0.2) is 4.31 Å². The van der Waals surface area contributed by atoms with Gasteiger partial charge in [-0.05, 0) is 25.0 Å². The summed E-state index contributed by atoms with van der Waals surface area (Å²) in [6.45, 7) is -0.207. The zero-order chi connectivity index (χ0) is 16.2. The molecule has 0 atom stereocenters. The van der Waals surface area contributed by atoms with E-state index in [1.165, 1.54) is 14.1 Å². The van der Waals surface area contributed by atoms with Crippen molar-refractivity contribution in [2.75, 3.05) is 24.9 Å². The van der Waals surface area contributed by atoms with Crippen molar-refractivity contribution in [3.8, 4) is 0 Å². The van der Waals surface area contributed by atoms with Crippen LogP contribution in [-0.2, 0) is 15.0 Å². The Morgan fingerprint density at radius 3 is 2.32 bits per heavy atom. The van der Waals surface area contributed by atoms with E-state index in [1.807, 2.05) is 6.07 Å². The Hall–Kier alpha value is -1.60. The van der Waals surface area contributed by atoms with Gasteiger partial charge in [0.25, 0.3) is 0 Å². The highest BCUT2D eigenvalue weighted by Crippen LogP contribution is 2.20. The Kier molecular flexibility index (Phi) is 5.42. The Labute approximate surface area is 132 Å². The van der Waals surface area contributed by atoms with E-state index in [4.69, 9.17) is 0 Å². The Morgan fingerprint density at radius 2 is 1.77 bits per heavy atom. The SMILES string of the molecule is CN(C)S(=O)(=O)N(CC(=O)NC1CCCC1)c1ccccc1. The number of nitrogens with one attached hydrogen (secondary N) is 1. The Bertz CT molecular complexity index is 596. The normalized spacial score (nSPS) is 16.0. The summed E-state index contributed by atoms with van der Waals surface area (Å²) in [7, 11) is -0.798. The lowest BCUT2D eigenvalue weighted by atomic mass is 10.2. The van der Waals surface area contributed by atoms with Gasteiger partial charge in [0.05, 0.1) is 5.69 Å². The minimum Gasteiger partial charge on any atom is -0.352 e. The topological polar surface area (TPSA) is 69.7 Å². The third-order valence-corrected chi connectivity index (χ3v) is 5.61. The van der Waals surface area contributed by atoms with E-state index >= 15 is 0 Å². The van der Waals surface area contributed by atoms with Crippen molar-refractivity contribution in [2.24, 2.45) is 0 Å². The predicted molar refractivity (Wildman–Crippen MR) is 86.8 cm³/mol. The maximum absolute atomic E-state index is 12.5. The first kappa shape index (κ1) is 16.8. The van der Waals surface area contributed by atoms with Gasteiger partial charge in [0, 0.05) is 20.1 Å². The van der Waals surface area contributed by atoms with E-state index in [1.54, 1.807) is 24.3 Å². The number of carbonyl (C=O) groups excluding carboxylic acids is 1. The zero-order valence-electron chi connectivity index (χ0n) is 13.0. The number of para-hydroxylation sites is 1. The van der Waals surface area contributed by atoms with Gasteiger partial charge in [0.2, 0.25) is 5.91 Å². The molecule has 6 nitrogen and oxygen atoms in total. The van der Waals surface area contributed by atoms with Crippen molar-refractivity contribution in [1.82, 2.24) is 9.62 Å². The van der Waals surface area contributed by atoms with Crippen LogP contribution < -0.4 is 9.62 Å². The van der Waals surface area contributed by atoms with Gasteiger partial charge in [-0.15, -0.1) is 0 Å². The molecule has 7 heteroatoms. The lowest BCUT2D eigenvalue weighted by molar-refractivity contribution is -0.120. The molecule has 0 bridgehead atoms. The van der Waals surface area contributed by atoms with Gasteiger partial charge in [0.1, 0.15) is 6.54 Å². The molecular weight excluding hydrogens is 302 g/mol. The maximum Gasteiger partial charge on any atom is 0.304 e. The summed E-state index contributed by atoms with van der Waals surface area (Å²) in [4.78, 5) is 12.2. The molecule has 2 rings (SSSR count). The molecule has 122 valence electrons. The van der Waals surface area contributed by atoms with Crippen LogP contribution in [0.5, 0.6) is 0 Å². The molecule has 1 amide bonds. The number of amides is 1. The van der Waals surface area contributed by atoms with E-state index in [-0.39, 0.29) is 18.5 Å². The average Bonchev–Trinajstić information content (AvgIpc) is 2.98. The minimum absolute atomic E-state index is 0.173. The summed E-state index contributed by atoms with van der Waals surface area (Å²) in [5.41, 5.74) is 0.484. The zero-order valence-corrected chi connectivity index (χ0v) is 13.8. The molecule has 22 heavy (non-hydrogen) atoms. The van der Waals surface area contributed by atoms with Gasteiger partial charge >= 0.3 is 10.2 Å². The van der Waals surface area contributed by atoms with Crippen LogP contribution in [-0.4, -0.2) is 45.3 Å². The highest BCUT2D eigenvalue weighted by molar-refractivity contribution is 7.90. The molecule has 1 aromatic carbocycles. The molecule has 1 saturated carbocycles. The van der Waals surface area contributed by atoms with Crippen LogP contribution in [0, 0.1) is 0 Å². The number of benzene rings is 1. The number of carbonyl (C=O) groups is 1. The molecule has 1 fully saturated rings. The molecule has 0 aromatic heterocycles. The van der Waals surface area contributed by atoms with Crippen molar-refractivity contribution in [1.29, 1.82) is 0 Å². The van der Waals surface area contributed by atoms with Gasteiger partial charge in [-0.2, -0.15) is 12.7 Å². The van der Waals surface area contributed by atoms with E-state index in [2.05, 4.69) is 5.32 Å². The highest BCUT2D eigenvalue weighted by Gasteiger charge is 2.28. The van der Waals surface area contributed by atoms with Crippen molar-refractivity contribution in [3.05, 3.63) is 30.3 Å². The molecule has 0 radical (unpaired) electrons. The van der Waals surface area contributed by atoms with Crippen molar-refractivity contribution in [3.63, 3.8) is 0 Å². The second kappa shape index (κ2) is 7.11. The molecule has 1 N–H and O–H groups in total. The van der Waals surface area contributed by atoms with Crippen LogP contribution in [0.2, 0.25) is 0 Å². The van der Waals surface area contributed by atoms with E-state index in [9.17, 15) is 13.2 Å². The van der Waals surface area contributed by atoms with Gasteiger partial charge in [-0.3, -0.25) is 4.79 Å². The van der Waals surface area contributed by atoms with Crippen LogP contribution in [0.25, 0.3) is 0 Å². The van der Waals surface area contributed by atoms with E-state index in [0.29, 0.717) is 5.69 Å². The van der Waals surface area contributed by atoms with Gasteiger partial charge in [0.15, 0.2) is 0 Å². The smallest absolute Gasteiger partial charge is 0.304 e. The van der Waals surface area contributed by atoms with E-state index in [0.717, 1.165) is 34.3 Å². The fourth-order valence-electron chi connectivity index (χ4n) is 2.57. The second-order valence-corrected chi connectivity index (χ2v) is 7.75. The number of nitrogens with zero attached hydrogens (tertiary/aromatic N) is 2. The summed E-state index contributed by atoms with van der Waals surface area (Å²) in [6, 6.07) is 8.85. The molecule has 0 saturated heterocycles. The molecule has 0 aliphatic heterocycles. The minimum atomic E-state index is -3.71. The average molecular weight is 325 g/mol. The number of anilines is 1. The van der Waals surface area contributed by atoms with E-state index < -0.39 is 10.2 Å². The first-order chi connectivity index (χ1) is 10.4. The molecule has 1 aliphatic rings. The molecule has 0 unspecified atom stereocenters. The second-order valence-electron chi connectivity index (χ2n) is 5.68. The molecule has 1 aromatic rings. The lowest BCUT2D eigenvalue weighted by Crippen LogP contribution is -2.47. The summed E-state index contributed by atoms with van der Waals surface area (Å²) in [5, 5.41) is 2.93. The van der Waals surface area contributed by atoms with Crippen LogP contribution in [0.1, 0.15) is 25.7 Å². The fraction of sp³-hybridized carbons (Fsp3) is 0.533. The third-order valence-electron chi connectivity index (χ3n) is 3.79. The maximum atomic E-state index is 12.5. The number of hydrogen-bond acceptors (Lipinski definition) is 3. The first-order valence-electron chi connectivity index (χ1n) is 7.46. The molecule has 1 aliphatic carbocycles. The van der Waals surface area contributed by atoms with Crippen LogP contribution >= 0.6 is 0 Å². The largest absolute Gasteiger partial charge is 0.352 e. The molecular formula is C15H23N3O3S. The Morgan fingerprint density at radius 1 is 1.18 bits per heavy atom. The standard InChI is InChI=1S/C15H23N3O3S/c1-17(2)22(20,21)18(14-10-4-3-5-11-14)12-15(19)16-13-8-6-7-9-13/h3-5,10-11,13H,6-9,12H2,1-2H3,(H,16,19). The predicted octanol–water partition coefficient (Wildman–Crippen LogP) is 1.36. The summed E-state index contributed by atoms with van der Waals surface area (Å²) in [5.74, 6) is -0.263. The van der Waals surface area contributed by atoms with Crippen molar-refractivity contribution in [2.45, 2.75) is 31.7 Å². The lowest BCUT2D eigenvalue weighted by Gasteiger charge is -2.27. The molecule has 0 spiro atoms. The number of rotatable bonds is 6. The van der Waals surface area contributed by atoms with Crippen LogP contribution in [0.15, 0.2) is 30.3 Å². The van der Waals surface area contributed by atoms with Crippen molar-refractivity contribution >= 4 is 21.8 Å². The monoisotopic (exact) mass is 325 g/mol. The van der Waals surface area contributed by atoms with Crippen molar-refractivity contribution < 1.29 is 13.2 Å². The summed E-state index contributed by atoms with van der Waals surface area (Å²) < 4.78 is 27.2. The van der Waals surface area contributed by atoms with Crippen LogP contribution in [0.4, 0.5) is 5.69 Å². The van der Waals surface area contributed by atoms with Gasteiger partial charge in [-0.1, -0.05) is 31.0 Å². The fourth-order valence-corrected chi connectivity index (χ4v) is 3.63. The first-order valence-corrected chi connectivity index (χ1v) is 8.85. The highest BCUT2D eigenvalue weighted by atomic mass is 32.2. The third kappa shape index (κ3) is 3.98. The Balaban J connectivity index is 2.16. The molecule has 0 heterocycles. The summed E-state index contributed by atoms with van der Waals surface area (Å²) in [6.07, 6.45) is 4.17. The number of hydrogen-bond donors (Lipinski definition) is 1.